The third kappa shape index (κ3) is 2.63. The van der Waals surface area contributed by atoms with Gasteiger partial charge in [0.05, 0.1) is 23.1 Å². The molecule has 0 aliphatic heterocycles. The predicted molar refractivity (Wildman–Crippen MR) is 79.8 cm³/mol. The molecule has 0 unspecified atom stereocenters. The van der Waals surface area contributed by atoms with Crippen LogP contribution in [0.2, 0.25) is 0 Å². The van der Waals surface area contributed by atoms with Gasteiger partial charge in [0.15, 0.2) is 0 Å². The van der Waals surface area contributed by atoms with Gasteiger partial charge in [-0.25, -0.2) is 8.78 Å². The summed E-state index contributed by atoms with van der Waals surface area (Å²) in [5.41, 5.74) is 8.09. The van der Waals surface area contributed by atoms with Gasteiger partial charge in [-0.3, -0.25) is 4.98 Å². The Labute approximate surface area is 120 Å². The van der Waals surface area contributed by atoms with Crippen LogP contribution < -0.4 is 11.1 Å². The molecule has 5 heteroatoms. The number of aromatic nitrogens is 1. The van der Waals surface area contributed by atoms with Crippen molar-refractivity contribution in [3.8, 4) is 0 Å². The van der Waals surface area contributed by atoms with E-state index in [4.69, 9.17) is 5.73 Å². The number of nitrogen functional groups attached to an aromatic ring is 1. The number of hydrogen-bond acceptors (Lipinski definition) is 3. The highest BCUT2D eigenvalue weighted by Crippen LogP contribution is 2.28. The minimum atomic E-state index is -0.472. The molecule has 0 spiro atoms. The summed E-state index contributed by atoms with van der Waals surface area (Å²) in [5.74, 6) is -0.929. The normalized spacial score (nSPS) is 10.8. The lowest BCUT2D eigenvalue weighted by atomic mass is 10.1. The minimum Gasteiger partial charge on any atom is -0.396 e. The van der Waals surface area contributed by atoms with Crippen molar-refractivity contribution in [1.29, 1.82) is 0 Å². The van der Waals surface area contributed by atoms with Gasteiger partial charge in [0.1, 0.15) is 11.6 Å². The first kappa shape index (κ1) is 13.3. The first-order valence-electron chi connectivity index (χ1n) is 6.46. The number of nitrogens with zero attached hydrogens (tertiary/aromatic N) is 1. The first-order valence-corrected chi connectivity index (χ1v) is 6.46. The van der Waals surface area contributed by atoms with Crippen LogP contribution in [0.15, 0.2) is 48.7 Å². The van der Waals surface area contributed by atoms with Gasteiger partial charge in [-0.1, -0.05) is 18.2 Å². The van der Waals surface area contributed by atoms with E-state index >= 15 is 0 Å². The number of nitrogens with one attached hydrogen (secondary N) is 1. The number of nitrogens with two attached hydrogens (primary N) is 1. The standard InChI is InChI=1S/C16H13F2N3/c17-11-5-6-13(18)10(7-11)8-21-16-12-3-1-2-4-15(12)20-9-14(16)19/h1-7,9H,8,19H2,(H,20,21). The Kier molecular flexibility index (Phi) is 3.39. The number of halogens is 2. The van der Waals surface area contributed by atoms with E-state index in [0.29, 0.717) is 11.4 Å². The Hall–Kier alpha value is -2.69. The molecule has 0 amide bonds. The van der Waals surface area contributed by atoms with Crippen LogP contribution in [0.5, 0.6) is 0 Å². The van der Waals surface area contributed by atoms with Crippen LogP contribution in [0.25, 0.3) is 10.9 Å². The quantitative estimate of drug-likeness (QED) is 0.771. The Bertz CT molecular complexity index is 803. The van der Waals surface area contributed by atoms with Crippen LogP contribution in [0.3, 0.4) is 0 Å². The van der Waals surface area contributed by atoms with Crippen LogP contribution in [0.4, 0.5) is 20.2 Å². The van der Waals surface area contributed by atoms with E-state index in [1.807, 2.05) is 24.3 Å². The fraction of sp³-hybridized carbons (Fsp3) is 0.0625. The zero-order valence-electron chi connectivity index (χ0n) is 11.1. The largest absolute Gasteiger partial charge is 0.396 e. The van der Waals surface area contributed by atoms with Crippen LogP contribution in [0.1, 0.15) is 5.56 Å². The van der Waals surface area contributed by atoms with Crippen LogP contribution >= 0.6 is 0 Å². The molecule has 3 nitrogen and oxygen atoms in total. The van der Waals surface area contributed by atoms with Crippen molar-refractivity contribution in [3.05, 3.63) is 65.9 Å². The van der Waals surface area contributed by atoms with E-state index in [0.717, 1.165) is 23.0 Å². The van der Waals surface area contributed by atoms with E-state index in [1.165, 1.54) is 6.07 Å². The molecule has 0 saturated heterocycles. The molecule has 21 heavy (non-hydrogen) atoms. The van der Waals surface area contributed by atoms with Crippen molar-refractivity contribution >= 4 is 22.3 Å². The van der Waals surface area contributed by atoms with E-state index in [-0.39, 0.29) is 12.1 Å². The van der Waals surface area contributed by atoms with Crippen molar-refractivity contribution < 1.29 is 8.78 Å². The zero-order chi connectivity index (χ0) is 14.8. The topological polar surface area (TPSA) is 50.9 Å². The van der Waals surface area contributed by atoms with Crippen LogP contribution in [0, 0.1) is 11.6 Å². The molecule has 3 N–H and O–H groups in total. The summed E-state index contributed by atoms with van der Waals surface area (Å²) in [6, 6.07) is 10.9. The van der Waals surface area contributed by atoms with Gasteiger partial charge in [-0.15, -0.1) is 0 Å². The minimum absolute atomic E-state index is 0.141. The van der Waals surface area contributed by atoms with Gasteiger partial charge in [0, 0.05) is 17.5 Å². The van der Waals surface area contributed by atoms with E-state index < -0.39 is 11.6 Å². The molecule has 3 rings (SSSR count). The lowest BCUT2D eigenvalue weighted by molar-refractivity contribution is 0.587. The first-order chi connectivity index (χ1) is 10.1. The van der Waals surface area contributed by atoms with E-state index in [1.54, 1.807) is 6.20 Å². The van der Waals surface area contributed by atoms with Crippen molar-refractivity contribution in [3.63, 3.8) is 0 Å². The summed E-state index contributed by atoms with van der Waals surface area (Å²) in [7, 11) is 0. The van der Waals surface area contributed by atoms with Gasteiger partial charge in [-0.2, -0.15) is 0 Å². The third-order valence-corrected chi connectivity index (χ3v) is 3.27. The van der Waals surface area contributed by atoms with Crippen LogP contribution in [-0.2, 0) is 6.54 Å². The number of fused-ring (bicyclic) bond motifs is 1. The average molecular weight is 285 g/mol. The summed E-state index contributed by atoms with van der Waals surface area (Å²) in [6.07, 6.45) is 1.55. The van der Waals surface area contributed by atoms with Gasteiger partial charge in [0.25, 0.3) is 0 Å². The van der Waals surface area contributed by atoms with Crippen molar-refractivity contribution in [2.45, 2.75) is 6.54 Å². The number of rotatable bonds is 3. The number of para-hydroxylation sites is 1. The molecular formula is C16H13F2N3. The fourth-order valence-corrected chi connectivity index (χ4v) is 2.22. The Morgan fingerprint density at radius 3 is 2.76 bits per heavy atom. The second-order valence-corrected chi connectivity index (χ2v) is 4.69. The molecule has 3 aromatic rings. The number of benzene rings is 2. The van der Waals surface area contributed by atoms with Crippen LogP contribution in [-0.4, -0.2) is 4.98 Å². The monoisotopic (exact) mass is 285 g/mol. The van der Waals surface area contributed by atoms with E-state index in [2.05, 4.69) is 10.3 Å². The predicted octanol–water partition coefficient (Wildman–Crippen LogP) is 3.71. The SMILES string of the molecule is Nc1cnc2ccccc2c1NCc1cc(F)ccc1F. The molecule has 0 saturated carbocycles. The fourth-order valence-electron chi connectivity index (χ4n) is 2.22. The summed E-state index contributed by atoms with van der Waals surface area (Å²) in [5, 5.41) is 3.91. The van der Waals surface area contributed by atoms with Gasteiger partial charge in [-0.05, 0) is 24.3 Å². The van der Waals surface area contributed by atoms with Gasteiger partial charge < -0.3 is 11.1 Å². The second-order valence-electron chi connectivity index (χ2n) is 4.69. The lowest BCUT2D eigenvalue weighted by Crippen LogP contribution is -2.05. The molecule has 1 heterocycles. The molecule has 2 aromatic carbocycles. The summed E-state index contributed by atoms with van der Waals surface area (Å²) in [6.45, 7) is 0.141. The Morgan fingerprint density at radius 1 is 1.10 bits per heavy atom. The molecule has 0 radical (unpaired) electrons. The molecule has 0 aliphatic rings. The highest BCUT2D eigenvalue weighted by Gasteiger charge is 2.08. The van der Waals surface area contributed by atoms with Crippen molar-refractivity contribution in [2.75, 3.05) is 11.1 Å². The summed E-state index contributed by atoms with van der Waals surface area (Å²) in [4.78, 5) is 4.23. The van der Waals surface area contributed by atoms with Crippen molar-refractivity contribution in [1.82, 2.24) is 4.98 Å². The molecule has 106 valence electrons. The zero-order valence-corrected chi connectivity index (χ0v) is 11.1. The lowest BCUT2D eigenvalue weighted by Gasteiger charge is -2.12. The highest BCUT2D eigenvalue weighted by molar-refractivity contribution is 5.96. The van der Waals surface area contributed by atoms with Crippen molar-refractivity contribution in [2.24, 2.45) is 0 Å². The molecule has 0 atom stereocenters. The Balaban J connectivity index is 1.95. The maximum atomic E-state index is 13.6. The number of hydrogen-bond donors (Lipinski definition) is 2. The van der Waals surface area contributed by atoms with E-state index in [9.17, 15) is 8.78 Å². The number of anilines is 2. The molecule has 0 bridgehead atoms. The maximum absolute atomic E-state index is 13.6. The summed E-state index contributed by atoms with van der Waals surface area (Å²) >= 11 is 0. The Morgan fingerprint density at radius 2 is 1.90 bits per heavy atom. The highest BCUT2D eigenvalue weighted by atomic mass is 19.1. The average Bonchev–Trinajstić information content (AvgIpc) is 2.49. The molecule has 1 aromatic heterocycles. The summed E-state index contributed by atoms with van der Waals surface area (Å²) < 4.78 is 26.8. The van der Waals surface area contributed by atoms with Gasteiger partial charge in [0.2, 0.25) is 0 Å². The third-order valence-electron chi connectivity index (χ3n) is 3.27. The molecule has 0 fully saturated rings. The maximum Gasteiger partial charge on any atom is 0.128 e. The molecule has 0 aliphatic carbocycles. The number of pyridine rings is 1. The smallest absolute Gasteiger partial charge is 0.128 e. The second kappa shape index (κ2) is 5.36. The molecular weight excluding hydrogens is 272 g/mol. The van der Waals surface area contributed by atoms with Gasteiger partial charge >= 0.3 is 0 Å².